The third-order valence-corrected chi connectivity index (χ3v) is 6.22. The largest absolute Gasteiger partial charge is 0.440 e. The molecule has 1 saturated carbocycles. The van der Waals surface area contributed by atoms with Crippen molar-refractivity contribution in [2.75, 3.05) is 0 Å². The summed E-state index contributed by atoms with van der Waals surface area (Å²) in [5.74, 6) is 2.00. The average Bonchev–Trinajstić information content (AvgIpc) is 3.14. The topological polar surface area (TPSA) is 85.3 Å². The molecule has 0 N–H and O–H groups in total. The highest BCUT2D eigenvalue weighted by molar-refractivity contribution is 7.13. The molecule has 0 aliphatic heterocycles. The van der Waals surface area contributed by atoms with E-state index in [1.165, 1.54) is 0 Å². The summed E-state index contributed by atoms with van der Waals surface area (Å²) in [7, 11) is 0. The first-order chi connectivity index (χ1) is 15.1. The number of carbonyl (C=O) groups is 1. The summed E-state index contributed by atoms with van der Waals surface area (Å²) in [5.41, 5.74) is 1.44. The first-order valence-corrected chi connectivity index (χ1v) is 11.2. The summed E-state index contributed by atoms with van der Waals surface area (Å²) < 4.78 is 11.6. The van der Waals surface area contributed by atoms with Crippen molar-refractivity contribution in [3.8, 4) is 22.2 Å². The molecule has 3 aromatic heterocycles. The number of aryl methyl sites for hydroxylation is 1. The Hall–Kier alpha value is -2.97. The zero-order valence-corrected chi connectivity index (χ0v) is 18.3. The maximum atomic E-state index is 13.1. The van der Waals surface area contributed by atoms with Crippen LogP contribution in [0.3, 0.4) is 0 Å². The third kappa shape index (κ3) is 4.40. The Bertz CT molecular complexity index is 1200. The molecule has 0 unspecified atom stereocenters. The molecule has 1 aliphatic carbocycles. The van der Waals surface area contributed by atoms with Gasteiger partial charge in [-0.25, -0.2) is 4.98 Å². The molecular weight excluding hydrogens is 436 g/mol. The van der Waals surface area contributed by atoms with Crippen molar-refractivity contribution in [2.24, 2.45) is 0 Å². The summed E-state index contributed by atoms with van der Waals surface area (Å²) >= 11 is 7.49. The predicted molar refractivity (Wildman–Crippen MR) is 117 cm³/mol. The number of amides is 1. The van der Waals surface area contributed by atoms with Gasteiger partial charge in [0.2, 0.25) is 23.6 Å². The second-order valence-electron chi connectivity index (χ2n) is 7.44. The van der Waals surface area contributed by atoms with Crippen molar-refractivity contribution in [3.63, 3.8) is 0 Å². The molecule has 9 heteroatoms. The molecule has 0 spiro atoms. The number of hydrogen-bond donors (Lipinski definition) is 0. The minimum absolute atomic E-state index is 0.0251. The Balaban J connectivity index is 1.30. The highest BCUT2D eigenvalue weighted by atomic mass is 35.5. The van der Waals surface area contributed by atoms with Crippen molar-refractivity contribution in [3.05, 3.63) is 64.1 Å². The minimum Gasteiger partial charge on any atom is -0.440 e. The molecule has 0 radical (unpaired) electrons. The molecule has 5 rings (SSSR count). The fraction of sp³-hybridized carbons (Fsp3) is 0.273. The fourth-order valence-corrected chi connectivity index (χ4v) is 4.10. The summed E-state index contributed by atoms with van der Waals surface area (Å²) in [4.78, 5) is 20.4. The smallest absolute Gasteiger partial charge is 0.247 e. The Morgan fingerprint density at radius 1 is 1.16 bits per heavy atom. The van der Waals surface area contributed by atoms with E-state index in [0.29, 0.717) is 34.1 Å². The van der Waals surface area contributed by atoms with Crippen molar-refractivity contribution in [2.45, 2.75) is 38.8 Å². The van der Waals surface area contributed by atoms with Crippen molar-refractivity contribution in [1.29, 1.82) is 0 Å². The number of hydrogen-bond acceptors (Lipinski definition) is 7. The highest BCUT2D eigenvalue weighted by Gasteiger charge is 2.34. The van der Waals surface area contributed by atoms with E-state index < -0.39 is 0 Å². The Labute approximate surface area is 187 Å². The quantitative estimate of drug-likeness (QED) is 0.384. The second kappa shape index (κ2) is 8.28. The van der Waals surface area contributed by atoms with Crippen LogP contribution in [0.1, 0.15) is 30.2 Å². The molecule has 7 nitrogen and oxygen atoms in total. The molecule has 4 aromatic rings. The van der Waals surface area contributed by atoms with E-state index in [1.807, 2.05) is 36.6 Å². The van der Waals surface area contributed by atoms with E-state index in [1.54, 1.807) is 28.4 Å². The predicted octanol–water partition coefficient (Wildman–Crippen LogP) is 5.15. The lowest BCUT2D eigenvalue weighted by atomic mass is 10.2. The first-order valence-electron chi connectivity index (χ1n) is 9.95. The molecule has 3 heterocycles. The van der Waals surface area contributed by atoms with Crippen LogP contribution in [-0.2, 0) is 17.8 Å². The highest BCUT2D eigenvalue weighted by Crippen LogP contribution is 2.31. The monoisotopic (exact) mass is 454 g/mol. The zero-order valence-electron chi connectivity index (χ0n) is 16.7. The second-order valence-corrected chi connectivity index (χ2v) is 8.82. The van der Waals surface area contributed by atoms with Crippen LogP contribution in [0, 0.1) is 6.92 Å². The number of benzene rings is 1. The van der Waals surface area contributed by atoms with E-state index in [9.17, 15) is 4.79 Å². The number of nitrogens with zero attached hydrogens (tertiary/aromatic N) is 4. The van der Waals surface area contributed by atoms with E-state index in [-0.39, 0.29) is 24.9 Å². The molecule has 1 amide bonds. The van der Waals surface area contributed by atoms with Crippen LogP contribution in [0.5, 0.6) is 0 Å². The average molecular weight is 455 g/mol. The Kier molecular flexibility index (Phi) is 5.33. The standard InChI is InChI=1S/C22H19ClN4O3S/c1-13-17(24-22(29-13)18-3-2-10-31-18)11-20(28)27(16-8-9-16)12-19-25-26-21(30-19)14-4-6-15(23)7-5-14/h2-7,10,16H,8-9,11-12H2,1H3. The zero-order chi connectivity index (χ0) is 21.4. The van der Waals surface area contributed by atoms with Crippen molar-refractivity contribution < 1.29 is 13.6 Å². The fourth-order valence-electron chi connectivity index (χ4n) is 3.32. The van der Waals surface area contributed by atoms with Gasteiger partial charge in [-0.2, -0.15) is 0 Å². The Morgan fingerprint density at radius 3 is 2.68 bits per heavy atom. The normalized spacial score (nSPS) is 13.5. The maximum absolute atomic E-state index is 13.1. The van der Waals surface area contributed by atoms with Crippen LogP contribution in [0.15, 0.2) is 50.6 Å². The van der Waals surface area contributed by atoms with Gasteiger partial charge in [0, 0.05) is 16.6 Å². The van der Waals surface area contributed by atoms with Crippen LogP contribution >= 0.6 is 22.9 Å². The van der Waals surface area contributed by atoms with E-state index in [4.69, 9.17) is 20.4 Å². The van der Waals surface area contributed by atoms with Gasteiger partial charge in [0.25, 0.3) is 0 Å². The number of halogens is 1. The number of rotatable bonds is 7. The Morgan fingerprint density at radius 2 is 1.97 bits per heavy atom. The summed E-state index contributed by atoms with van der Waals surface area (Å²) in [6, 6.07) is 11.3. The summed E-state index contributed by atoms with van der Waals surface area (Å²) in [6.07, 6.45) is 2.12. The maximum Gasteiger partial charge on any atom is 0.247 e. The molecule has 1 fully saturated rings. The van der Waals surface area contributed by atoms with Gasteiger partial charge in [-0.1, -0.05) is 17.7 Å². The van der Waals surface area contributed by atoms with Gasteiger partial charge < -0.3 is 13.7 Å². The van der Waals surface area contributed by atoms with Crippen LogP contribution in [-0.4, -0.2) is 32.0 Å². The van der Waals surface area contributed by atoms with Gasteiger partial charge >= 0.3 is 0 Å². The molecule has 0 bridgehead atoms. The van der Waals surface area contributed by atoms with Gasteiger partial charge in [0.05, 0.1) is 23.5 Å². The molecule has 158 valence electrons. The lowest BCUT2D eigenvalue weighted by Crippen LogP contribution is -2.34. The van der Waals surface area contributed by atoms with E-state index in [0.717, 1.165) is 23.3 Å². The lowest BCUT2D eigenvalue weighted by molar-refractivity contribution is -0.132. The molecule has 31 heavy (non-hydrogen) atoms. The van der Waals surface area contributed by atoms with Crippen LogP contribution in [0.4, 0.5) is 0 Å². The van der Waals surface area contributed by atoms with Crippen molar-refractivity contribution >= 4 is 28.8 Å². The van der Waals surface area contributed by atoms with E-state index in [2.05, 4.69) is 15.2 Å². The number of carbonyl (C=O) groups excluding carboxylic acids is 1. The SMILES string of the molecule is Cc1oc(-c2cccs2)nc1CC(=O)N(Cc1nnc(-c2ccc(Cl)cc2)o1)C1CC1. The van der Waals surface area contributed by atoms with E-state index >= 15 is 0 Å². The van der Waals surface area contributed by atoms with Gasteiger partial charge in [0.1, 0.15) is 5.76 Å². The summed E-state index contributed by atoms with van der Waals surface area (Å²) in [5, 5.41) is 10.9. The summed E-state index contributed by atoms with van der Waals surface area (Å²) in [6.45, 7) is 2.11. The molecule has 0 saturated heterocycles. The number of oxazole rings is 1. The number of aromatic nitrogens is 3. The molecule has 0 atom stereocenters. The van der Waals surface area contributed by atoms with Crippen LogP contribution in [0.2, 0.25) is 5.02 Å². The van der Waals surface area contributed by atoms with Crippen LogP contribution in [0.25, 0.3) is 22.2 Å². The first kappa shape index (κ1) is 20.0. The van der Waals surface area contributed by atoms with Crippen molar-refractivity contribution in [1.82, 2.24) is 20.1 Å². The third-order valence-electron chi connectivity index (χ3n) is 5.11. The van der Waals surface area contributed by atoms with Gasteiger partial charge in [-0.15, -0.1) is 21.5 Å². The lowest BCUT2D eigenvalue weighted by Gasteiger charge is -2.20. The molecule has 1 aliphatic rings. The van der Waals surface area contributed by atoms with Gasteiger partial charge in [0.15, 0.2) is 0 Å². The number of thiophene rings is 1. The molecule has 1 aromatic carbocycles. The molecular formula is C22H19ClN4O3S. The van der Waals surface area contributed by atoms with Gasteiger partial charge in [-0.05, 0) is 55.5 Å². The van der Waals surface area contributed by atoms with Crippen LogP contribution < -0.4 is 0 Å². The van der Waals surface area contributed by atoms with Gasteiger partial charge in [-0.3, -0.25) is 4.79 Å². The minimum atomic E-state index is -0.0251.